The van der Waals surface area contributed by atoms with Crippen molar-refractivity contribution in [3.05, 3.63) is 40.4 Å². The Hall–Kier alpha value is -0.990. The highest BCUT2D eigenvalue weighted by atomic mass is 35.5. The fourth-order valence-corrected chi connectivity index (χ4v) is 1.47. The molecule has 14 heavy (non-hydrogen) atoms. The summed E-state index contributed by atoms with van der Waals surface area (Å²) in [5.74, 6) is 0.178. The molecule has 0 saturated carbocycles. The molecule has 0 unspecified atom stereocenters. The van der Waals surface area contributed by atoms with Gasteiger partial charge in [0.2, 0.25) is 0 Å². The SMILES string of the molecule is C=CC(=O)c1cc(Cl)c(OC)cc1Cl. The van der Waals surface area contributed by atoms with E-state index in [1.54, 1.807) is 0 Å². The van der Waals surface area contributed by atoms with Gasteiger partial charge in [0.15, 0.2) is 5.78 Å². The third-order valence-electron chi connectivity index (χ3n) is 1.69. The average Bonchev–Trinajstić information content (AvgIpc) is 2.19. The molecule has 1 aromatic rings. The number of halogens is 2. The van der Waals surface area contributed by atoms with Crippen molar-refractivity contribution in [2.24, 2.45) is 0 Å². The summed E-state index contributed by atoms with van der Waals surface area (Å²) in [4.78, 5) is 11.3. The van der Waals surface area contributed by atoms with Crippen LogP contribution in [0.25, 0.3) is 0 Å². The molecule has 1 rings (SSSR count). The molecular formula is C10H8Cl2O2. The van der Waals surface area contributed by atoms with Crippen LogP contribution in [0.2, 0.25) is 10.0 Å². The first-order chi connectivity index (χ1) is 6.60. The second-order valence-electron chi connectivity index (χ2n) is 2.53. The molecule has 74 valence electrons. The molecule has 0 spiro atoms. The molecule has 4 heteroatoms. The molecule has 0 heterocycles. The van der Waals surface area contributed by atoms with Crippen LogP contribution < -0.4 is 4.74 Å². The van der Waals surface area contributed by atoms with Crippen molar-refractivity contribution in [1.82, 2.24) is 0 Å². The van der Waals surface area contributed by atoms with E-state index in [0.717, 1.165) is 0 Å². The molecule has 0 bridgehead atoms. The third kappa shape index (κ3) is 2.08. The maximum Gasteiger partial charge on any atom is 0.186 e. The third-order valence-corrected chi connectivity index (χ3v) is 2.30. The van der Waals surface area contributed by atoms with Gasteiger partial charge in [-0.3, -0.25) is 4.79 Å². The Morgan fingerprint density at radius 1 is 1.43 bits per heavy atom. The lowest BCUT2D eigenvalue weighted by Crippen LogP contribution is -1.96. The summed E-state index contributed by atoms with van der Waals surface area (Å²) in [5, 5.41) is 0.651. The predicted molar refractivity (Wildman–Crippen MR) is 57.5 cm³/mol. The number of methoxy groups -OCH3 is 1. The number of ketones is 1. The van der Waals surface area contributed by atoms with E-state index < -0.39 is 0 Å². The molecular weight excluding hydrogens is 223 g/mol. The summed E-state index contributed by atoms with van der Waals surface area (Å²) in [7, 11) is 1.48. The first-order valence-corrected chi connectivity index (χ1v) is 4.55. The summed E-state index contributed by atoms with van der Waals surface area (Å²) < 4.78 is 4.94. The molecule has 0 amide bonds. The van der Waals surface area contributed by atoms with Gasteiger partial charge in [-0.25, -0.2) is 0 Å². The number of hydrogen-bond acceptors (Lipinski definition) is 2. The van der Waals surface area contributed by atoms with Crippen LogP contribution in [0.4, 0.5) is 0 Å². The highest BCUT2D eigenvalue weighted by Gasteiger charge is 2.11. The lowest BCUT2D eigenvalue weighted by molar-refractivity contribution is 0.104. The van der Waals surface area contributed by atoms with Gasteiger partial charge in [0.25, 0.3) is 0 Å². The smallest absolute Gasteiger partial charge is 0.186 e. The first kappa shape index (κ1) is 11.1. The molecule has 2 nitrogen and oxygen atoms in total. The topological polar surface area (TPSA) is 26.3 Å². The molecule has 0 fully saturated rings. The Morgan fingerprint density at radius 2 is 2.07 bits per heavy atom. The van der Waals surface area contributed by atoms with Crippen LogP contribution >= 0.6 is 23.2 Å². The minimum atomic E-state index is -0.264. The van der Waals surface area contributed by atoms with Crippen LogP contribution in [0.5, 0.6) is 5.75 Å². The van der Waals surface area contributed by atoms with Gasteiger partial charge in [0.1, 0.15) is 5.75 Å². The van der Waals surface area contributed by atoms with E-state index in [1.165, 1.54) is 25.3 Å². The maximum atomic E-state index is 11.3. The Kier molecular flexibility index (Phi) is 3.55. The zero-order chi connectivity index (χ0) is 10.7. The van der Waals surface area contributed by atoms with E-state index in [0.29, 0.717) is 21.4 Å². The van der Waals surface area contributed by atoms with E-state index in [-0.39, 0.29) is 5.78 Å². The average molecular weight is 231 g/mol. The minimum absolute atomic E-state index is 0.264. The summed E-state index contributed by atoms with van der Waals surface area (Å²) in [5.41, 5.74) is 0.326. The molecule has 0 aliphatic rings. The number of rotatable bonds is 3. The largest absolute Gasteiger partial charge is 0.495 e. The molecule has 0 atom stereocenters. The van der Waals surface area contributed by atoms with Gasteiger partial charge in [-0.1, -0.05) is 29.8 Å². The van der Waals surface area contributed by atoms with Gasteiger partial charge in [-0.15, -0.1) is 0 Å². The van der Waals surface area contributed by atoms with Crippen molar-refractivity contribution in [2.75, 3.05) is 7.11 Å². The van der Waals surface area contributed by atoms with Gasteiger partial charge in [0.05, 0.1) is 17.2 Å². The zero-order valence-corrected chi connectivity index (χ0v) is 9.02. The number of benzene rings is 1. The molecule has 1 aromatic carbocycles. The van der Waals surface area contributed by atoms with Crippen LogP contribution in [-0.4, -0.2) is 12.9 Å². The Labute approximate surface area is 92.1 Å². The molecule has 0 radical (unpaired) electrons. The monoisotopic (exact) mass is 230 g/mol. The summed E-state index contributed by atoms with van der Waals surface area (Å²) in [6.07, 6.45) is 1.18. The van der Waals surface area contributed by atoms with Crippen LogP contribution in [0, 0.1) is 0 Å². The molecule has 0 aromatic heterocycles. The number of carbonyl (C=O) groups excluding carboxylic acids is 1. The highest BCUT2D eigenvalue weighted by Crippen LogP contribution is 2.31. The fourth-order valence-electron chi connectivity index (χ4n) is 0.984. The summed E-state index contributed by atoms with van der Waals surface area (Å²) >= 11 is 11.7. The van der Waals surface area contributed by atoms with Crippen LogP contribution in [0.1, 0.15) is 10.4 Å². The standard InChI is InChI=1S/C10H8Cl2O2/c1-3-9(13)6-4-8(12)10(14-2)5-7(6)11/h3-5H,1H2,2H3. The van der Waals surface area contributed by atoms with Gasteiger partial charge >= 0.3 is 0 Å². The maximum absolute atomic E-state index is 11.3. The van der Waals surface area contributed by atoms with E-state index in [4.69, 9.17) is 27.9 Å². The van der Waals surface area contributed by atoms with Crippen molar-refractivity contribution in [2.45, 2.75) is 0 Å². The van der Waals surface area contributed by atoms with Crippen molar-refractivity contribution >= 4 is 29.0 Å². The number of allylic oxidation sites excluding steroid dienone is 1. The van der Waals surface area contributed by atoms with E-state index in [9.17, 15) is 4.79 Å². The molecule has 0 aliphatic carbocycles. The highest BCUT2D eigenvalue weighted by molar-refractivity contribution is 6.37. The zero-order valence-electron chi connectivity index (χ0n) is 7.51. The predicted octanol–water partition coefficient (Wildman–Crippen LogP) is 3.37. The summed E-state index contributed by atoms with van der Waals surface area (Å²) in [6.45, 7) is 3.37. The number of ether oxygens (including phenoxy) is 1. The normalized spacial score (nSPS) is 9.64. The second kappa shape index (κ2) is 4.49. The number of carbonyl (C=O) groups is 1. The van der Waals surface area contributed by atoms with Gasteiger partial charge in [-0.2, -0.15) is 0 Å². The lowest BCUT2D eigenvalue weighted by atomic mass is 10.1. The van der Waals surface area contributed by atoms with Crippen molar-refractivity contribution in [3.8, 4) is 5.75 Å². The Morgan fingerprint density at radius 3 is 2.57 bits per heavy atom. The lowest BCUT2D eigenvalue weighted by Gasteiger charge is -2.06. The van der Waals surface area contributed by atoms with Crippen molar-refractivity contribution in [3.63, 3.8) is 0 Å². The van der Waals surface area contributed by atoms with Gasteiger partial charge in [0, 0.05) is 11.6 Å². The van der Waals surface area contributed by atoms with Crippen LogP contribution in [0.15, 0.2) is 24.8 Å². The van der Waals surface area contributed by atoms with Crippen molar-refractivity contribution in [1.29, 1.82) is 0 Å². The Balaban J connectivity index is 3.28. The molecule has 0 aliphatic heterocycles. The van der Waals surface area contributed by atoms with Crippen LogP contribution in [0.3, 0.4) is 0 Å². The first-order valence-electron chi connectivity index (χ1n) is 3.80. The van der Waals surface area contributed by atoms with Crippen molar-refractivity contribution < 1.29 is 9.53 Å². The minimum Gasteiger partial charge on any atom is -0.495 e. The number of hydrogen-bond donors (Lipinski definition) is 0. The fraction of sp³-hybridized carbons (Fsp3) is 0.100. The van der Waals surface area contributed by atoms with Gasteiger partial charge in [-0.05, 0) is 12.1 Å². The molecule has 0 N–H and O–H groups in total. The molecule has 0 saturated heterocycles. The van der Waals surface area contributed by atoms with Gasteiger partial charge < -0.3 is 4.74 Å². The van der Waals surface area contributed by atoms with E-state index >= 15 is 0 Å². The quantitative estimate of drug-likeness (QED) is 0.588. The Bertz CT molecular complexity index is 386. The van der Waals surface area contributed by atoms with E-state index in [2.05, 4.69) is 6.58 Å². The van der Waals surface area contributed by atoms with Crippen LogP contribution in [-0.2, 0) is 0 Å². The van der Waals surface area contributed by atoms with E-state index in [1.807, 2.05) is 0 Å². The second-order valence-corrected chi connectivity index (χ2v) is 3.35. The summed E-state index contributed by atoms with van der Waals surface area (Å²) in [6, 6.07) is 2.97.